The number of thiophene rings is 1. The van der Waals surface area contributed by atoms with Crippen LogP contribution in [0.5, 0.6) is 0 Å². The van der Waals surface area contributed by atoms with Crippen LogP contribution in [0.25, 0.3) is 10.9 Å². The fraction of sp³-hybridized carbons (Fsp3) is 0.235. The Balaban J connectivity index is 1.67. The van der Waals surface area contributed by atoms with Crippen molar-refractivity contribution in [1.29, 1.82) is 0 Å². The predicted molar refractivity (Wildman–Crippen MR) is 85.6 cm³/mol. The topological polar surface area (TPSA) is 36.1 Å². The number of fused-ring (bicyclic) bond motifs is 1. The molecule has 1 aliphatic heterocycles. The quantitative estimate of drug-likeness (QED) is 0.750. The Morgan fingerprint density at radius 1 is 1.32 bits per heavy atom. The number of H-pyrrole nitrogens is 1. The molecule has 4 rings (SSSR count). The van der Waals surface area contributed by atoms with Gasteiger partial charge in [0, 0.05) is 22.3 Å². The zero-order valence-corrected chi connectivity index (χ0v) is 12.7. The number of aromatic nitrogens is 1. The number of likely N-dealkylation sites (tertiary alicyclic amines) is 1. The fourth-order valence-corrected chi connectivity index (χ4v) is 4.03. The third-order valence-electron chi connectivity index (χ3n) is 4.20. The summed E-state index contributed by atoms with van der Waals surface area (Å²) in [5.74, 6) is -0.296. The molecule has 0 spiro atoms. The summed E-state index contributed by atoms with van der Waals surface area (Å²) >= 11 is 1.69. The molecule has 1 N–H and O–H groups in total. The van der Waals surface area contributed by atoms with Crippen molar-refractivity contribution in [3.8, 4) is 0 Å². The number of hydrogen-bond acceptors (Lipinski definition) is 2. The molecule has 1 aromatic carbocycles. The molecule has 1 amide bonds. The second kappa shape index (κ2) is 5.25. The molecule has 3 aromatic rings. The third-order valence-corrected chi connectivity index (χ3v) is 5.17. The number of benzene rings is 1. The van der Waals surface area contributed by atoms with Crippen LogP contribution in [-0.4, -0.2) is 22.3 Å². The lowest BCUT2D eigenvalue weighted by Crippen LogP contribution is -2.30. The van der Waals surface area contributed by atoms with E-state index in [2.05, 4.69) is 11.1 Å². The molecule has 3 heterocycles. The van der Waals surface area contributed by atoms with Crippen molar-refractivity contribution in [3.63, 3.8) is 0 Å². The second-order valence-corrected chi connectivity index (χ2v) is 6.57. The number of aromatic amines is 1. The zero-order valence-electron chi connectivity index (χ0n) is 11.9. The van der Waals surface area contributed by atoms with Gasteiger partial charge in [0.05, 0.1) is 6.04 Å². The molecular formula is C17H15FN2OS. The highest BCUT2D eigenvalue weighted by atomic mass is 32.1. The van der Waals surface area contributed by atoms with Crippen LogP contribution in [0.15, 0.2) is 41.8 Å². The van der Waals surface area contributed by atoms with Crippen LogP contribution in [0.4, 0.5) is 4.39 Å². The van der Waals surface area contributed by atoms with Crippen LogP contribution >= 0.6 is 11.3 Å². The van der Waals surface area contributed by atoms with E-state index in [1.807, 2.05) is 16.3 Å². The minimum Gasteiger partial charge on any atom is -0.351 e. The molecular weight excluding hydrogens is 299 g/mol. The Bertz CT molecular complexity index is 824. The molecule has 0 bridgehead atoms. The first kappa shape index (κ1) is 13.5. The van der Waals surface area contributed by atoms with Crippen LogP contribution in [0.2, 0.25) is 0 Å². The minimum atomic E-state index is -0.289. The van der Waals surface area contributed by atoms with Crippen molar-refractivity contribution in [2.24, 2.45) is 0 Å². The van der Waals surface area contributed by atoms with Gasteiger partial charge in [-0.05, 0) is 48.6 Å². The average Bonchev–Trinajstić information content (AvgIpc) is 3.24. The summed E-state index contributed by atoms with van der Waals surface area (Å²) in [6.07, 6.45) is 2.02. The first-order chi connectivity index (χ1) is 10.7. The molecule has 0 radical (unpaired) electrons. The summed E-state index contributed by atoms with van der Waals surface area (Å²) in [4.78, 5) is 19.1. The number of carbonyl (C=O) groups is 1. The van der Waals surface area contributed by atoms with E-state index in [1.54, 1.807) is 23.5 Å². The maximum atomic E-state index is 13.3. The molecule has 112 valence electrons. The van der Waals surface area contributed by atoms with Crippen LogP contribution in [0.3, 0.4) is 0 Å². The Hall–Kier alpha value is -2.14. The van der Waals surface area contributed by atoms with Crippen molar-refractivity contribution < 1.29 is 9.18 Å². The van der Waals surface area contributed by atoms with Crippen molar-refractivity contribution >= 4 is 28.1 Å². The largest absolute Gasteiger partial charge is 0.351 e. The van der Waals surface area contributed by atoms with Crippen LogP contribution in [0, 0.1) is 5.82 Å². The van der Waals surface area contributed by atoms with E-state index in [1.165, 1.54) is 17.0 Å². The number of nitrogens with one attached hydrogen (secondary N) is 1. The Morgan fingerprint density at radius 2 is 2.23 bits per heavy atom. The molecule has 1 fully saturated rings. The van der Waals surface area contributed by atoms with Crippen LogP contribution in [0.1, 0.15) is 34.2 Å². The number of rotatable bonds is 2. The van der Waals surface area contributed by atoms with Gasteiger partial charge in [-0.1, -0.05) is 6.07 Å². The maximum Gasteiger partial charge on any atom is 0.270 e. The van der Waals surface area contributed by atoms with E-state index >= 15 is 0 Å². The lowest BCUT2D eigenvalue weighted by atomic mass is 10.2. The smallest absolute Gasteiger partial charge is 0.270 e. The van der Waals surface area contributed by atoms with E-state index in [0.29, 0.717) is 5.69 Å². The summed E-state index contributed by atoms with van der Waals surface area (Å²) in [6.45, 7) is 0.769. The Kier molecular flexibility index (Phi) is 3.22. The number of hydrogen-bond donors (Lipinski definition) is 1. The summed E-state index contributed by atoms with van der Waals surface area (Å²) in [5.41, 5.74) is 1.32. The number of nitrogens with zero attached hydrogens (tertiary/aromatic N) is 1. The van der Waals surface area contributed by atoms with Gasteiger partial charge in [0.2, 0.25) is 0 Å². The normalized spacial score (nSPS) is 18.2. The van der Waals surface area contributed by atoms with Gasteiger partial charge in [-0.2, -0.15) is 0 Å². The first-order valence-corrected chi connectivity index (χ1v) is 8.23. The van der Waals surface area contributed by atoms with Crippen LogP contribution in [-0.2, 0) is 0 Å². The predicted octanol–water partition coefficient (Wildman–Crippen LogP) is 4.35. The number of halogens is 1. The van der Waals surface area contributed by atoms with E-state index in [4.69, 9.17) is 0 Å². The summed E-state index contributed by atoms with van der Waals surface area (Å²) in [5, 5.41) is 2.78. The molecule has 0 saturated carbocycles. The molecule has 1 aliphatic rings. The minimum absolute atomic E-state index is 0.00694. The monoisotopic (exact) mass is 314 g/mol. The van der Waals surface area contributed by atoms with Crippen LogP contribution < -0.4 is 0 Å². The first-order valence-electron chi connectivity index (χ1n) is 7.35. The van der Waals surface area contributed by atoms with Gasteiger partial charge in [-0.15, -0.1) is 11.3 Å². The summed E-state index contributed by atoms with van der Waals surface area (Å²) < 4.78 is 13.3. The summed E-state index contributed by atoms with van der Waals surface area (Å²) in [6, 6.07) is 10.5. The zero-order chi connectivity index (χ0) is 15.1. The van der Waals surface area contributed by atoms with Gasteiger partial charge in [0.1, 0.15) is 11.5 Å². The number of carbonyl (C=O) groups excluding carboxylic acids is 1. The van der Waals surface area contributed by atoms with Gasteiger partial charge in [-0.25, -0.2) is 4.39 Å². The molecule has 1 atom stereocenters. The highest BCUT2D eigenvalue weighted by Crippen LogP contribution is 2.35. The summed E-state index contributed by atoms with van der Waals surface area (Å²) in [7, 11) is 0. The van der Waals surface area contributed by atoms with Gasteiger partial charge in [0.15, 0.2) is 0 Å². The van der Waals surface area contributed by atoms with Gasteiger partial charge < -0.3 is 9.88 Å². The Morgan fingerprint density at radius 3 is 3.05 bits per heavy atom. The van der Waals surface area contributed by atoms with Crippen molar-refractivity contribution in [1.82, 2.24) is 9.88 Å². The van der Waals surface area contributed by atoms with E-state index in [0.717, 1.165) is 30.3 Å². The van der Waals surface area contributed by atoms with Crippen molar-refractivity contribution in [2.75, 3.05) is 6.54 Å². The Labute approximate surface area is 131 Å². The SMILES string of the molecule is O=C(c1cc2cc(F)ccc2[nH]1)N1CCCC1c1cccs1. The molecule has 5 heteroatoms. The number of amides is 1. The molecule has 3 nitrogen and oxygen atoms in total. The standard InChI is InChI=1S/C17H15FN2OS/c18-12-5-6-13-11(9-12)10-14(19-13)17(21)20-7-1-3-15(20)16-4-2-8-22-16/h2,4-6,8-10,15,19H,1,3,7H2. The highest BCUT2D eigenvalue weighted by molar-refractivity contribution is 7.10. The van der Waals surface area contributed by atoms with E-state index in [-0.39, 0.29) is 17.8 Å². The van der Waals surface area contributed by atoms with E-state index < -0.39 is 0 Å². The lowest BCUT2D eigenvalue weighted by Gasteiger charge is -2.23. The second-order valence-electron chi connectivity index (χ2n) is 5.59. The van der Waals surface area contributed by atoms with Crippen molar-refractivity contribution in [3.05, 3.63) is 58.2 Å². The molecule has 1 saturated heterocycles. The van der Waals surface area contributed by atoms with Gasteiger partial charge in [-0.3, -0.25) is 4.79 Å². The molecule has 2 aromatic heterocycles. The molecule has 1 unspecified atom stereocenters. The molecule has 22 heavy (non-hydrogen) atoms. The van der Waals surface area contributed by atoms with Gasteiger partial charge in [0.25, 0.3) is 5.91 Å². The fourth-order valence-electron chi connectivity index (χ4n) is 3.16. The molecule has 0 aliphatic carbocycles. The lowest BCUT2D eigenvalue weighted by molar-refractivity contribution is 0.0733. The average molecular weight is 314 g/mol. The maximum absolute atomic E-state index is 13.3. The van der Waals surface area contributed by atoms with E-state index in [9.17, 15) is 9.18 Å². The highest BCUT2D eigenvalue weighted by Gasteiger charge is 2.31. The van der Waals surface area contributed by atoms with Crippen molar-refractivity contribution in [2.45, 2.75) is 18.9 Å². The van der Waals surface area contributed by atoms with Gasteiger partial charge >= 0.3 is 0 Å². The third kappa shape index (κ3) is 2.22.